The Morgan fingerprint density at radius 3 is 2.47 bits per heavy atom. The highest BCUT2D eigenvalue weighted by Crippen LogP contribution is 2.13. The molecular formula is C16H18N2O. The number of rotatable bonds is 4. The largest absolute Gasteiger partial charge is 0.307 e. The minimum atomic E-state index is -0.122. The molecule has 3 heteroatoms. The summed E-state index contributed by atoms with van der Waals surface area (Å²) < 4.78 is 0. The van der Waals surface area contributed by atoms with Crippen molar-refractivity contribution < 1.29 is 4.79 Å². The average Bonchev–Trinajstić information content (AvgIpc) is 2.47. The maximum atomic E-state index is 12.1. The number of pyridine rings is 1. The topological polar surface area (TPSA) is 42.0 Å². The Labute approximate surface area is 113 Å². The molecular weight excluding hydrogens is 236 g/mol. The van der Waals surface area contributed by atoms with Crippen molar-refractivity contribution in [2.45, 2.75) is 26.7 Å². The van der Waals surface area contributed by atoms with Gasteiger partial charge in [-0.3, -0.25) is 4.79 Å². The summed E-state index contributed by atoms with van der Waals surface area (Å²) in [4.78, 5) is 16.5. The van der Waals surface area contributed by atoms with E-state index in [4.69, 9.17) is 0 Å². The van der Waals surface area contributed by atoms with Gasteiger partial charge in [0.25, 0.3) is 5.91 Å². The number of carbonyl (C=O) groups excluding carboxylic acids is 1. The fraction of sp³-hybridized carbons (Fsp3) is 0.250. The van der Waals surface area contributed by atoms with E-state index in [0.717, 1.165) is 18.5 Å². The van der Waals surface area contributed by atoms with E-state index < -0.39 is 0 Å². The van der Waals surface area contributed by atoms with E-state index in [2.05, 4.69) is 30.2 Å². The third-order valence-corrected chi connectivity index (χ3v) is 2.99. The number of hydrogen-bond acceptors (Lipinski definition) is 2. The van der Waals surface area contributed by atoms with Crippen LogP contribution in [-0.2, 0) is 12.8 Å². The summed E-state index contributed by atoms with van der Waals surface area (Å²) in [5, 5.41) is 2.86. The molecule has 0 unspecified atom stereocenters. The van der Waals surface area contributed by atoms with Crippen LogP contribution in [0.15, 0.2) is 42.5 Å². The number of carbonyl (C=O) groups is 1. The van der Waals surface area contributed by atoms with E-state index in [9.17, 15) is 4.79 Å². The predicted octanol–water partition coefficient (Wildman–Crippen LogP) is 3.46. The van der Waals surface area contributed by atoms with Crippen molar-refractivity contribution >= 4 is 11.7 Å². The van der Waals surface area contributed by atoms with Gasteiger partial charge in [0.1, 0.15) is 5.82 Å². The number of nitrogens with zero attached hydrogens (tertiary/aromatic N) is 1. The summed E-state index contributed by atoms with van der Waals surface area (Å²) in [5.41, 5.74) is 2.84. The molecule has 1 N–H and O–H groups in total. The molecule has 3 nitrogen and oxygen atoms in total. The molecule has 2 aromatic rings. The molecule has 0 atom stereocenters. The van der Waals surface area contributed by atoms with Crippen LogP contribution in [0.3, 0.4) is 0 Å². The lowest BCUT2D eigenvalue weighted by Gasteiger charge is -2.08. The van der Waals surface area contributed by atoms with Gasteiger partial charge < -0.3 is 5.32 Å². The molecule has 0 radical (unpaired) electrons. The molecule has 0 spiro atoms. The van der Waals surface area contributed by atoms with Gasteiger partial charge in [-0.25, -0.2) is 4.98 Å². The van der Waals surface area contributed by atoms with Crippen LogP contribution in [-0.4, -0.2) is 10.9 Å². The second-order valence-electron chi connectivity index (χ2n) is 4.38. The van der Waals surface area contributed by atoms with Crippen LogP contribution in [0.5, 0.6) is 0 Å². The van der Waals surface area contributed by atoms with Crippen LogP contribution in [0, 0.1) is 0 Å². The van der Waals surface area contributed by atoms with Crippen LogP contribution >= 0.6 is 0 Å². The van der Waals surface area contributed by atoms with E-state index in [0.29, 0.717) is 11.4 Å². The molecule has 0 aliphatic heterocycles. The second kappa shape index (κ2) is 6.14. The number of hydrogen-bond donors (Lipinski definition) is 1. The fourth-order valence-electron chi connectivity index (χ4n) is 1.88. The van der Waals surface area contributed by atoms with Crippen LogP contribution in [0.25, 0.3) is 0 Å². The van der Waals surface area contributed by atoms with Gasteiger partial charge in [0.05, 0.1) is 0 Å². The van der Waals surface area contributed by atoms with Crippen molar-refractivity contribution in [2.24, 2.45) is 0 Å². The van der Waals surface area contributed by atoms with Gasteiger partial charge in [0, 0.05) is 11.3 Å². The molecule has 2 rings (SSSR count). The SMILES string of the molecule is CCc1cc(CC)nc(NC(=O)c2ccccc2)c1. The van der Waals surface area contributed by atoms with Crippen LogP contribution in [0.2, 0.25) is 0 Å². The quantitative estimate of drug-likeness (QED) is 0.907. The summed E-state index contributed by atoms with van der Waals surface area (Å²) in [5.74, 6) is 0.508. The molecule has 1 amide bonds. The van der Waals surface area contributed by atoms with Crippen molar-refractivity contribution in [3.05, 3.63) is 59.3 Å². The number of aromatic nitrogens is 1. The van der Waals surface area contributed by atoms with Crippen LogP contribution in [0.4, 0.5) is 5.82 Å². The lowest BCUT2D eigenvalue weighted by atomic mass is 10.1. The maximum Gasteiger partial charge on any atom is 0.256 e. The first-order chi connectivity index (χ1) is 9.22. The van der Waals surface area contributed by atoms with Gasteiger partial charge in [-0.1, -0.05) is 32.0 Å². The number of benzene rings is 1. The van der Waals surface area contributed by atoms with Crippen molar-refractivity contribution in [1.82, 2.24) is 4.98 Å². The zero-order chi connectivity index (χ0) is 13.7. The van der Waals surface area contributed by atoms with E-state index in [1.165, 1.54) is 5.56 Å². The average molecular weight is 254 g/mol. The van der Waals surface area contributed by atoms with Gasteiger partial charge in [-0.15, -0.1) is 0 Å². The number of nitrogens with one attached hydrogen (secondary N) is 1. The first-order valence-electron chi connectivity index (χ1n) is 6.59. The van der Waals surface area contributed by atoms with Crippen LogP contribution in [0.1, 0.15) is 35.5 Å². The minimum Gasteiger partial charge on any atom is -0.307 e. The zero-order valence-corrected chi connectivity index (χ0v) is 11.3. The molecule has 1 heterocycles. The van der Waals surface area contributed by atoms with Gasteiger partial charge >= 0.3 is 0 Å². The van der Waals surface area contributed by atoms with Gasteiger partial charge in [0.2, 0.25) is 0 Å². The summed E-state index contributed by atoms with van der Waals surface area (Å²) >= 11 is 0. The first-order valence-corrected chi connectivity index (χ1v) is 6.59. The van der Waals surface area contributed by atoms with Crippen LogP contribution < -0.4 is 5.32 Å². The van der Waals surface area contributed by atoms with Gasteiger partial charge in [-0.05, 0) is 42.7 Å². The standard InChI is InChI=1S/C16H18N2O/c1-3-12-10-14(4-2)17-15(11-12)18-16(19)13-8-6-5-7-9-13/h5-11H,3-4H2,1-2H3,(H,17,18,19). The third-order valence-electron chi connectivity index (χ3n) is 2.99. The van der Waals surface area contributed by atoms with E-state index in [1.54, 1.807) is 12.1 Å². The van der Waals surface area contributed by atoms with Crippen molar-refractivity contribution in [3.8, 4) is 0 Å². The fourth-order valence-corrected chi connectivity index (χ4v) is 1.88. The maximum absolute atomic E-state index is 12.1. The Bertz CT molecular complexity index is 542. The molecule has 0 bridgehead atoms. The Hall–Kier alpha value is -2.16. The second-order valence-corrected chi connectivity index (χ2v) is 4.38. The van der Waals surface area contributed by atoms with E-state index >= 15 is 0 Å². The molecule has 19 heavy (non-hydrogen) atoms. The Balaban J connectivity index is 2.21. The lowest BCUT2D eigenvalue weighted by Crippen LogP contribution is -2.13. The highest BCUT2D eigenvalue weighted by Gasteiger charge is 2.07. The zero-order valence-electron chi connectivity index (χ0n) is 11.3. The predicted molar refractivity (Wildman–Crippen MR) is 77.4 cm³/mol. The molecule has 0 saturated heterocycles. The summed E-state index contributed by atoms with van der Waals surface area (Å²) in [6.45, 7) is 4.15. The monoisotopic (exact) mass is 254 g/mol. The molecule has 0 fully saturated rings. The highest BCUT2D eigenvalue weighted by molar-refractivity contribution is 6.03. The summed E-state index contributed by atoms with van der Waals surface area (Å²) in [7, 11) is 0. The molecule has 98 valence electrons. The lowest BCUT2D eigenvalue weighted by molar-refractivity contribution is 0.102. The third kappa shape index (κ3) is 3.41. The Morgan fingerprint density at radius 1 is 1.11 bits per heavy atom. The number of anilines is 1. The van der Waals surface area contributed by atoms with E-state index in [-0.39, 0.29) is 5.91 Å². The molecule has 1 aromatic heterocycles. The van der Waals surface area contributed by atoms with Crippen molar-refractivity contribution in [3.63, 3.8) is 0 Å². The highest BCUT2D eigenvalue weighted by atomic mass is 16.1. The van der Waals surface area contributed by atoms with Gasteiger partial charge in [0.15, 0.2) is 0 Å². The minimum absolute atomic E-state index is 0.122. The molecule has 0 aliphatic rings. The van der Waals surface area contributed by atoms with Crippen molar-refractivity contribution in [2.75, 3.05) is 5.32 Å². The summed E-state index contributed by atoms with van der Waals surface area (Å²) in [6.07, 6.45) is 1.80. The Kier molecular flexibility index (Phi) is 4.29. The Morgan fingerprint density at radius 2 is 1.84 bits per heavy atom. The first kappa shape index (κ1) is 13.3. The molecule has 1 aromatic carbocycles. The molecule has 0 aliphatic carbocycles. The molecule has 0 saturated carbocycles. The smallest absolute Gasteiger partial charge is 0.256 e. The van der Waals surface area contributed by atoms with Gasteiger partial charge in [-0.2, -0.15) is 0 Å². The number of aryl methyl sites for hydroxylation is 2. The summed E-state index contributed by atoms with van der Waals surface area (Å²) in [6, 6.07) is 13.2. The number of amides is 1. The normalized spacial score (nSPS) is 10.2. The van der Waals surface area contributed by atoms with Crippen molar-refractivity contribution in [1.29, 1.82) is 0 Å². The van der Waals surface area contributed by atoms with E-state index in [1.807, 2.05) is 24.3 Å².